The lowest BCUT2D eigenvalue weighted by atomic mass is 10.00. The maximum absolute atomic E-state index is 13.8. The third-order valence-corrected chi connectivity index (χ3v) is 3.18. The first-order valence-electron chi connectivity index (χ1n) is 5.31. The van der Waals surface area contributed by atoms with Gasteiger partial charge in [0.15, 0.2) is 0 Å². The van der Waals surface area contributed by atoms with Crippen molar-refractivity contribution in [1.29, 1.82) is 0 Å². The molecule has 0 atom stereocenters. The van der Waals surface area contributed by atoms with Crippen molar-refractivity contribution in [3.05, 3.63) is 52.3 Å². The maximum Gasteiger partial charge on any atom is 0.133 e. The highest BCUT2D eigenvalue weighted by molar-refractivity contribution is 6.33. The lowest BCUT2D eigenvalue weighted by molar-refractivity contribution is 0.632. The van der Waals surface area contributed by atoms with Crippen LogP contribution in [-0.2, 0) is 0 Å². The van der Waals surface area contributed by atoms with E-state index in [4.69, 9.17) is 17.3 Å². The highest BCUT2D eigenvalue weighted by Gasteiger charge is 2.10. The molecule has 0 amide bonds. The highest BCUT2D eigenvalue weighted by Crippen LogP contribution is 2.32. The number of hydrogen-bond donors (Lipinski definition) is 1. The molecule has 0 aliphatic carbocycles. The van der Waals surface area contributed by atoms with E-state index in [0.717, 1.165) is 11.1 Å². The molecule has 0 fully saturated rings. The Hall–Kier alpha value is -1.54. The van der Waals surface area contributed by atoms with Crippen LogP contribution in [0.1, 0.15) is 11.1 Å². The number of nitrogens with two attached hydrogens (primary N) is 1. The van der Waals surface area contributed by atoms with E-state index in [9.17, 15) is 4.39 Å². The normalized spacial score (nSPS) is 10.6. The molecule has 0 unspecified atom stereocenters. The van der Waals surface area contributed by atoms with Crippen LogP contribution >= 0.6 is 11.6 Å². The third kappa shape index (κ3) is 2.27. The molecule has 0 aromatic heterocycles. The Kier molecular flexibility index (Phi) is 3.07. The smallest absolute Gasteiger partial charge is 0.133 e. The zero-order valence-electron chi connectivity index (χ0n) is 9.72. The summed E-state index contributed by atoms with van der Waals surface area (Å²) in [5.41, 5.74) is 9.29. The van der Waals surface area contributed by atoms with Crippen molar-refractivity contribution in [2.45, 2.75) is 13.8 Å². The van der Waals surface area contributed by atoms with E-state index < -0.39 is 0 Å². The summed E-state index contributed by atoms with van der Waals surface area (Å²) in [5.74, 6) is -0.352. The van der Waals surface area contributed by atoms with E-state index >= 15 is 0 Å². The molecule has 2 N–H and O–H groups in total. The molecular formula is C14H13ClFN. The Morgan fingerprint density at radius 1 is 1.00 bits per heavy atom. The second kappa shape index (κ2) is 4.38. The monoisotopic (exact) mass is 249 g/mol. The van der Waals surface area contributed by atoms with E-state index in [1.54, 1.807) is 12.1 Å². The van der Waals surface area contributed by atoms with E-state index in [2.05, 4.69) is 0 Å². The molecule has 0 aliphatic rings. The van der Waals surface area contributed by atoms with Crippen molar-refractivity contribution in [3.63, 3.8) is 0 Å². The van der Waals surface area contributed by atoms with E-state index in [0.29, 0.717) is 21.8 Å². The molecule has 0 spiro atoms. The van der Waals surface area contributed by atoms with Crippen molar-refractivity contribution >= 4 is 17.3 Å². The zero-order valence-corrected chi connectivity index (χ0v) is 10.5. The van der Waals surface area contributed by atoms with Crippen molar-refractivity contribution < 1.29 is 4.39 Å². The topological polar surface area (TPSA) is 26.0 Å². The molecule has 3 heteroatoms. The quantitative estimate of drug-likeness (QED) is 0.748. The van der Waals surface area contributed by atoms with Crippen LogP contribution in [-0.4, -0.2) is 0 Å². The van der Waals surface area contributed by atoms with Crippen molar-refractivity contribution in [1.82, 2.24) is 0 Å². The first kappa shape index (κ1) is 11.9. The number of halogens is 2. The van der Waals surface area contributed by atoms with Gasteiger partial charge in [0.2, 0.25) is 0 Å². The van der Waals surface area contributed by atoms with Gasteiger partial charge in [0.05, 0.1) is 0 Å². The van der Waals surface area contributed by atoms with Gasteiger partial charge in [-0.15, -0.1) is 0 Å². The van der Waals surface area contributed by atoms with E-state index in [1.165, 1.54) is 6.07 Å². The van der Waals surface area contributed by atoms with Gasteiger partial charge in [-0.25, -0.2) is 4.39 Å². The van der Waals surface area contributed by atoms with Crippen LogP contribution in [0.3, 0.4) is 0 Å². The first-order valence-corrected chi connectivity index (χ1v) is 5.69. The van der Waals surface area contributed by atoms with Gasteiger partial charge in [-0.2, -0.15) is 0 Å². The van der Waals surface area contributed by atoms with Gasteiger partial charge in [-0.3, -0.25) is 0 Å². The first-order chi connectivity index (χ1) is 7.99. The number of hydrogen-bond acceptors (Lipinski definition) is 1. The minimum atomic E-state index is -0.352. The van der Waals surface area contributed by atoms with Crippen LogP contribution in [0.15, 0.2) is 30.3 Å². The summed E-state index contributed by atoms with van der Waals surface area (Å²) in [6.07, 6.45) is 0. The summed E-state index contributed by atoms with van der Waals surface area (Å²) in [6, 6.07) is 8.37. The van der Waals surface area contributed by atoms with Gasteiger partial charge in [0.25, 0.3) is 0 Å². The highest BCUT2D eigenvalue weighted by atomic mass is 35.5. The predicted octanol–water partition coefficient (Wildman–Crippen LogP) is 4.35. The summed E-state index contributed by atoms with van der Waals surface area (Å²) >= 11 is 6.15. The Balaban J connectivity index is 2.64. The number of benzene rings is 2. The lowest BCUT2D eigenvalue weighted by Gasteiger charge is -2.10. The number of anilines is 1. The van der Waals surface area contributed by atoms with Gasteiger partial charge >= 0.3 is 0 Å². The van der Waals surface area contributed by atoms with Crippen LogP contribution in [0.25, 0.3) is 11.1 Å². The van der Waals surface area contributed by atoms with Gasteiger partial charge in [-0.05, 0) is 55.3 Å². The minimum Gasteiger partial charge on any atom is -0.399 e. The lowest BCUT2D eigenvalue weighted by Crippen LogP contribution is -1.91. The van der Waals surface area contributed by atoms with Crippen molar-refractivity contribution in [3.8, 4) is 11.1 Å². The SMILES string of the molecule is Cc1cc(Cl)c(-c2ccc(N)cc2F)cc1C. The Labute approximate surface area is 105 Å². The number of rotatable bonds is 1. The summed E-state index contributed by atoms with van der Waals surface area (Å²) in [6.45, 7) is 3.95. The second-order valence-corrected chi connectivity index (χ2v) is 4.56. The second-order valence-electron chi connectivity index (χ2n) is 4.16. The predicted molar refractivity (Wildman–Crippen MR) is 70.7 cm³/mol. The fourth-order valence-corrected chi connectivity index (χ4v) is 2.06. The van der Waals surface area contributed by atoms with Crippen LogP contribution in [0, 0.1) is 19.7 Å². The summed E-state index contributed by atoms with van der Waals surface area (Å²) < 4.78 is 13.8. The molecule has 88 valence electrons. The van der Waals surface area contributed by atoms with Crippen LogP contribution in [0.4, 0.5) is 10.1 Å². The number of nitrogen functional groups attached to an aromatic ring is 1. The molecule has 0 aliphatic heterocycles. The average Bonchev–Trinajstić information content (AvgIpc) is 2.24. The molecule has 1 nitrogen and oxygen atoms in total. The third-order valence-electron chi connectivity index (χ3n) is 2.87. The fraction of sp³-hybridized carbons (Fsp3) is 0.143. The Morgan fingerprint density at radius 3 is 2.29 bits per heavy atom. The van der Waals surface area contributed by atoms with E-state index in [-0.39, 0.29) is 5.82 Å². The molecule has 17 heavy (non-hydrogen) atoms. The molecule has 2 aromatic carbocycles. The Bertz CT molecular complexity index is 579. The van der Waals surface area contributed by atoms with Gasteiger partial charge in [0, 0.05) is 21.8 Å². The number of aryl methyl sites for hydroxylation is 2. The van der Waals surface area contributed by atoms with Gasteiger partial charge in [-0.1, -0.05) is 11.6 Å². The maximum atomic E-state index is 13.8. The fourth-order valence-electron chi connectivity index (χ4n) is 1.74. The minimum absolute atomic E-state index is 0.352. The molecule has 0 radical (unpaired) electrons. The molecule has 0 saturated heterocycles. The largest absolute Gasteiger partial charge is 0.399 e. The van der Waals surface area contributed by atoms with Crippen LogP contribution in [0.2, 0.25) is 5.02 Å². The van der Waals surface area contributed by atoms with Crippen LogP contribution in [0.5, 0.6) is 0 Å². The molecule has 0 heterocycles. The van der Waals surface area contributed by atoms with Crippen molar-refractivity contribution in [2.75, 3.05) is 5.73 Å². The Morgan fingerprint density at radius 2 is 1.65 bits per heavy atom. The molecule has 0 bridgehead atoms. The van der Waals surface area contributed by atoms with Crippen LogP contribution < -0.4 is 5.73 Å². The molecule has 2 aromatic rings. The standard InChI is InChI=1S/C14H13ClFN/c1-8-5-12(13(15)6-9(8)2)11-4-3-10(17)7-14(11)16/h3-7H,17H2,1-2H3. The summed E-state index contributed by atoms with van der Waals surface area (Å²) in [4.78, 5) is 0. The molecular weight excluding hydrogens is 237 g/mol. The molecule has 0 saturated carbocycles. The molecule has 2 rings (SSSR count). The summed E-state index contributed by atoms with van der Waals surface area (Å²) in [5, 5.41) is 0.553. The summed E-state index contributed by atoms with van der Waals surface area (Å²) in [7, 11) is 0. The van der Waals surface area contributed by atoms with E-state index in [1.807, 2.05) is 26.0 Å². The van der Waals surface area contributed by atoms with Crippen molar-refractivity contribution in [2.24, 2.45) is 0 Å². The van der Waals surface area contributed by atoms with Gasteiger partial charge < -0.3 is 5.73 Å². The zero-order chi connectivity index (χ0) is 12.6. The van der Waals surface area contributed by atoms with Gasteiger partial charge in [0.1, 0.15) is 5.82 Å². The average molecular weight is 250 g/mol.